The molecule has 0 radical (unpaired) electrons. The van der Waals surface area contributed by atoms with Crippen LogP contribution in [-0.4, -0.2) is 40.6 Å². The fourth-order valence-electron chi connectivity index (χ4n) is 6.12. The quantitative estimate of drug-likeness (QED) is 0.712. The van der Waals surface area contributed by atoms with Crippen molar-refractivity contribution in [3.8, 4) is 6.07 Å². The van der Waals surface area contributed by atoms with Crippen LogP contribution in [-0.2, 0) is 9.53 Å². The summed E-state index contributed by atoms with van der Waals surface area (Å²) in [5, 5.41) is 12.4. The van der Waals surface area contributed by atoms with Crippen molar-refractivity contribution in [1.82, 2.24) is 9.80 Å². The van der Waals surface area contributed by atoms with Gasteiger partial charge in [-0.3, -0.25) is 9.69 Å². The summed E-state index contributed by atoms with van der Waals surface area (Å²) < 4.78 is 5.46. The second kappa shape index (κ2) is 7.14. The van der Waals surface area contributed by atoms with E-state index < -0.39 is 0 Å². The van der Waals surface area contributed by atoms with Gasteiger partial charge in [0.1, 0.15) is 0 Å². The summed E-state index contributed by atoms with van der Waals surface area (Å²) in [6.07, 6.45) is 4.80. The highest BCUT2D eigenvalue weighted by Gasteiger charge is 2.63. The number of benzene rings is 2. The molecule has 2 aromatic rings. The van der Waals surface area contributed by atoms with Crippen molar-refractivity contribution in [2.24, 2.45) is 5.92 Å². The van der Waals surface area contributed by atoms with Crippen LogP contribution in [0.1, 0.15) is 44.7 Å². The number of carbonyl (C=O) groups excluding carboxylic acids is 1. The maximum Gasteiger partial charge on any atom is 0.311 e. The Hall–Kier alpha value is -2.84. The first-order valence-electron chi connectivity index (χ1n) is 10.9. The number of carbonyl (C=O) groups is 1. The van der Waals surface area contributed by atoms with Crippen molar-refractivity contribution in [3.63, 3.8) is 0 Å². The molecular formula is C25H27N3O2. The van der Waals surface area contributed by atoms with Crippen LogP contribution in [0.3, 0.4) is 0 Å². The molecular weight excluding hydrogens is 374 g/mol. The van der Waals surface area contributed by atoms with Crippen molar-refractivity contribution in [2.45, 2.75) is 50.9 Å². The van der Waals surface area contributed by atoms with Crippen LogP contribution in [0.2, 0.25) is 0 Å². The van der Waals surface area contributed by atoms with Crippen LogP contribution in [0.4, 0.5) is 0 Å². The van der Waals surface area contributed by atoms with Crippen LogP contribution < -0.4 is 0 Å². The van der Waals surface area contributed by atoms with Gasteiger partial charge >= 0.3 is 5.97 Å². The van der Waals surface area contributed by atoms with Crippen molar-refractivity contribution < 1.29 is 9.53 Å². The average molecular weight is 402 g/mol. The predicted molar refractivity (Wildman–Crippen MR) is 115 cm³/mol. The van der Waals surface area contributed by atoms with E-state index >= 15 is 0 Å². The van der Waals surface area contributed by atoms with E-state index in [4.69, 9.17) is 4.74 Å². The Balaban J connectivity index is 1.65. The monoisotopic (exact) mass is 401 g/mol. The summed E-state index contributed by atoms with van der Waals surface area (Å²) in [7, 11) is 0. The second-order valence-electron chi connectivity index (χ2n) is 8.63. The minimum Gasteiger partial charge on any atom is -0.466 e. The lowest BCUT2D eigenvalue weighted by Crippen LogP contribution is -2.58. The van der Waals surface area contributed by atoms with E-state index in [2.05, 4.69) is 65.3 Å². The zero-order chi connectivity index (χ0) is 20.9. The SMILES string of the molecule is CCOC(=O)[C@H]1C[C@]23CCCN2C=C(C#N)[C@H]1N3[C@H](C)c1cccc2ccccc12. The second-order valence-corrected chi connectivity index (χ2v) is 8.63. The molecule has 0 N–H and O–H groups in total. The summed E-state index contributed by atoms with van der Waals surface area (Å²) in [6, 6.07) is 17.1. The standard InChI is InChI=1S/C25H27N3O2/c1-3-30-24(29)22-14-25-12-7-13-27(25)16-19(15-26)23(22)28(25)17(2)20-11-6-9-18-8-4-5-10-21(18)20/h4-6,8-11,16-17,22-23H,3,7,12-14H2,1-2H3/t17-,22+,23-,25-/m1/s1. The summed E-state index contributed by atoms with van der Waals surface area (Å²) in [5.41, 5.74) is 1.70. The molecule has 0 aliphatic carbocycles. The maximum absolute atomic E-state index is 12.9. The molecule has 0 unspecified atom stereocenters. The Kier molecular flexibility index (Phi) is 4.56. The minimum atomic E-state index is -0.309. The predicted octanol–water partition coefficient (Wildman–Crippen LogP) is 4.37. The highest BCUT2D eigenvalue weighted by atomic mass is 16.5. The number of ether oxygens (including phenoxy) is 1. The third kappa shape index (κ3) is 2.60. The molecule has 2 fully saturated rings. The summed E-state index contributed by atoms with van der Waals surface area (Å²) in [6.45, 7) is 5.35. The van der Waals surface area contributed by atoms with Gasteiger partial charge in [-0.2, -0.15) is 5.26 Å². The third-order valence-corrected chi connectivity index (χ3v) is 7.24. The Morgan fingerprint density at radius 3 is 2.90 bits per heavy atom. The molecule has 154 valence electrons. The molecule has 0 aromatic heterocycles. The highest BCUT2D eigenvalue weighted by Crippen LogP contribution is 2.55. The number of hydrogen-bond donors (Lipinski definition) is 0. The lowest BCUT2D eigenvalue weighted by Gasteiger charge is -2.50. The highest BCUT2D eigenvalue weighted by molar-refractivity contribution is 5.86. The number of esters is 1. The zero-order valence-electron chi connectivity index (χ0n) is 17.5. The summed E-state index contributed by atoms with van der Waals surface area (Å²) in [5.74, 6) is -0.485. The molecule has 2 aromatic carbocycles. The molecule has 5 heteroatoms. The fraction of sp³-hybridized carbons (Fsp3) is 0.440. The van der Waals surface area contributed by atoms with Crippen molar-refractivity contribution in [3.05, 3.63) is 59.8 Å². The molecule has 4 atom stereocenters. The molecule has 3 aliphatic rings. The van der Waals surface area contributed by atoms with Crippen molar-refractivity contribution in [2.75, 3.05) is 13.2 Å². The van der Waals surface area contributed by atoms with E-state index in [1.807, 2.05) is 13.1 Å². The van der Waals surface area contributed by atoms with Gasteiger partial charge in [-0.15, -0.1) is 0 Å². The topological polar surface area (TPSA) is 56.6 Å². The maximum atomic E-state index is 12.9. The minimum absolute atomic E-state index is 0.0678. The Labute approximate surface area is 177 Å². The lowest BCUT2D eigenvalue weighted by molar-refractivity contribution is -0.148. The van der Waals surface area contributed by atoms with Gasteiger partial charge in [0, 0.05) is 18.8 Å². The van der Waals surface area contributed by atoms with Gasteiger partial charge in [0.05, 0.1) is 35.9 Å². The molecule has 0 saturated carbocycles. The fourth-order valence-corrected chi connectivity index (χ4v) is 6.12. The van der Waals surface area contributed by atoms with Crippen LogP contribution in [0, 0.1) is 17.2 Å². The van der Waals surface area contributed by atoms with E-state index in [1.165, 1.54) is 16.3 Å². The number of rotatable bonds is 4. The largest absolute Gasteiger partial charge is 0.466 e. The molecule has 3 aliphatic heterocycles. The van der Waals surface area contributed by atoms with Crippen LogP contribution in [0.25, 0.3) is 10.8 Å². The zero-order valence-corrected chi connectivity index (χ0v) is 17.5. The Morgan fingerprint density at radius 2 is 2.10 bits per heavy atom. The molecule has 2 saturated heterocycles. The van der Waals surface area contributed by atoms with Crippen LogP contribution >= 0.6 is 0 Å². The Morgan fingerprint density at radius 1 is 1.30 bits per heavy atom. The number of fused-ring (bicyclic) bond motifs is 2. The smallest absolute Gasteiger partial charge is 0.311 e. The van der Waals surface area contributed by atoms with Gasteiger partial charge in [-0.25, -0.2) is 0 Å². The molecule has 30 heavy (non-hydrogen) atoms. The Bertz CT molecular complexity index is 1070. The normalized spacial score (nSPS) is 28.7. The van der Waals surface area contributed by atoms with E-state index in [1.54, 1.807) is 0 Å². The van der Waals surface area contributed by atoms with Gasteiger partial charge in [-0.05, 0) is 49.4 Å². The first kappa shape index (κ1) is 19.1. The third-order valence-electron chi connectivity index (χ3n) is 7.24. The number of hydrogen-bond acceptors (Lipinski definition) is 5. The van der Waals surface area contributed by atoms with E-state index in [0.717, 1.165) is 19.4 Å². The van der Waals surface area contributed by atoms with E-state index in [9.17, 15) is 10.1 Å². The molecule has 3 heterocycles. The first-order chi connectivity index (χ1) is 14.6. The van der Waals surface area contributed by atoms with Gasteiger partial charge in [0.2, 0.25) is 0 Å². The molecule has 5 rings (SSSR count). The lowest BCUT2D eigenvalue weighted by atomic mass is 9.92. The van der Waals surface area contributed by atoms with Crippen LogP contribution in [0.15, 0.2) is 54.2 Å². The first-order valence-corrected chi connectivity index (χ1v) is 10.9. The van der Waals surface area contributed by atoms with Crippen LogP contribution in [0.5, 0.6) is 0 Å². The van der Waals surface area contributed by atoms with Gasteiger partial charge in [0.25, 0.3) is 0 Å². The molecule has 1 spiro atoms. The van der Waals surface area contributed by atoms with Gasteiger partial charge in [0.15, 0.2) is 0 Å². The van der Waals surface area contributed by atoms with Crippen molar-refractivity contribution >= 4 is 16.7 Å². The van der Waals surface area contributed by atoms with E-state index in [0.29, 0.717) is 18.6 Å². The molecule has 5 nitrogen and oxygen atoms in total. The number of nitrogens with zero attached hydrogens (tertiary/aromatic N) is 3. The number of nitriles is 1. The molecule has 0 amide bonds. The molecule has 2 bridgehead atoms. The summed E-state index contributed by atoms with van der Waals surface area (Å²) in [4.78, 5) is 17.7. The average Bonchev–Trinajstić information content (AvgIpc) is 3.30. The van der Waals surface area contributed by atoms with Gasteiger partial charge < -0.3 is 9.64 Å². The van der Waals surface area contributed by atoms with Crippen molar-refractivity contribution in [1.29, 1.82) is 5.26 Å². The summed E-state index contributed by atoms with van der Waals surface area (Å²) >= 11 is 0. The van der Waals surface area contributed by atoms with E-state index in [-0.39, 0.29) is 29.6 Å². The van der Waals surface area contributed by atoms with Gasteiger partial charge in [-0.1, -0.05) is 42.5 Å².